The van der Waals surface area contributed by atoms with Crippen LogP contribution in [0.4, 0.5) is 0 Å². The highest BCUT2D eigenvalue weighted by atomic mass is 16.4. The second-order valence-electron chi connectivity index (χ2n) is 11.9. The number of carbonyl (C=O) groups excluding carboxylic acids is 4. The summed E-state index contributed by atoms with van der Waals surface area (Å²) in [5.41, 5.74) is 1.68. The Hall–Kier alpha value is -3.93. The fourth-order valence-electron chi connectivity index (χ4n) is 4.09. The molecule has 12 heteroatoms. The minimum absolute atomic E-state index is 0.0154. The Balaban J connectivity index is 5.36. The molecule has 254 valence electrons. The smallest absolute Gasteiger partial charge is 0.326 e. The van der Waals surface area contributed by atoms with Crippen molar-refractivity contribution in [2.45, 2.75) is 123 Å². The normalized spacial score (nSPS) is 13.1. The maximum atomic E-state index is 13.1. The minimum atomic E-state index is -1.62. The molecular formula is C33H55N5O7. The van der Waals surface area contributed by atoms with Gasteiger partial charge in [0.2, 0.25) is 23.6 Å². The van der Waals surface area contributed by atoms with Gasteiger partial charge in [-0.2, -0.15) is 0 Å². The molecule has 0 fully saturated rings. The van der Waals surface area contributed by atoms with Gasteiger partial charge in [-0.15, -0.1) is 0 Å². The lowest BCUT2D eigenvalue weighted by Gasteiger charge is -2.23. The van der Waals surface area contributed by atoms with Crippen molar-refractivity contribution < 1.29 is 34.2 Å². The van der Waals surface area contributed by atoms with Crippen molar-refractivity contribution in [2.75, 3.05) is 6.54 Å². The van der Waals surface area contributed by atoms with E-state index in [2.05, 4.69) is 46.3 Å². The monoisotopic (exact) mass is 633 g/mol. The molecule has 3 unspecified atom stereocenters. The van der Waals surface area contributed by atoms with Gasteiger partial charge >= 0.3 is 5.97 Å². The Bertz CT molecular complexity index is 1070. The van der Waals surface area contributed by atoms with Crippen LogP contribution in [-0.2, 0) is 24.0 Å². The predicted molar refractivity (Wildman–Crippen MR) is 176 cm³/mol. The van der Waals surface area contributed by atoms with Gasteiger partial charge in [-0.1, -0.05) is 56.9 Å². The Morgan fingerprint density at radius 3 is 1.82 bits per heavy atom. The summed E-state index contributed by atoms with van der Waals surface area (Å²) in [7, 11) is 0. The van der Waals surface area contributed by atoms with Crippen LogP contribution in [0, 0.1) is 0 Å². The molecule has 0 aliphatic carbocycles. The number of carbonyl (C=O) groups is 5. The van der Waals surface area contributed by atoms with Crippen molar-refractivity contribution in [1.82, 2.24) is 26.6 Å². The number of rotatable bonds is 24. The first kappa shape index (κ1) is 41.1. The number of carboxylic acid groups (broad SMARTS) is 1. The number of aliphatic carboxylic acids is 1. The van der Waals surface area contributed by atoms with Gasteiger partial charge in [-0.25, -0.2) is 4.79 Å². The van der Waals surface area contributed by atoms with Crippen LogP contribution in [0.1, 0.15) is 92.4 Å². The predicted octanol–water partition coefficient (Wildman–Crippen LogP) is 3.32. The average Bonchev–Trinajstić information content (AvgIpc) is 2.92. The molecule has 12 nitrogen and oxygen atoms in total. The Kier molecular flexibility index (Phi) is 20.6. The quantitative estimate of drug-likeness (QED) is 0.0479. The van der Waals surface area contributed by atoms with E-state index in [0.29, 0.717) is 31.7 Å². The zero-order valence-electron chi connectivity index (χ0n) is 27.7. The second kappa shape index (κ2) is 22.6. The molecule has 0 aromatic heterocycles. The van der Waals surface area contributed by atoms with E-state index in [-0.39, 0.29) is 37.0 Å². The van der Waals surface area contributed by atoms with Crippen LogP contribution in [0.3, 0.4) is 0 Å². The largest absolute Gasteiger partial charge is 0.513 e. The Morgan fingerprint density at radius 2 is 1.27 bits per heavy atom. The van der Waals surface area contributed by atoms with Crippen LogP contribution in [0.25, 0.3) is 0 Å². The fourth-order valence-corrected chi connectivity index (χ4v) is 4.09. The van der Waals surface area contributed by atoms with Crippen molar-refractivity contribution in [1.29, 1.82) is 0 Å². The van der Waals surface area contributed by atoms with Gasteiger partial charge in [-0.3, -0.25) is 19.2 Å². The molecule has 0 aromatic rings. The highest BCUT2D eigenvalue weighted by Crippen LogP contribution is 2.10. The van der Waals surface area contributed by atoms with Crippen LogP contribution in [-0.4, -0.2) is 76.6 Å². The SMILES string of the molecule is C=C(C)/C=C\C(=C)CCCC(=O)NC(CCC(=C)O)C(=O)NC(CC(=O)NC(CCCCNC(C)C)C(=O)NC(C)C)C(=O)O. The maximum absolute atomic E-state index is 13.1. The lowest BCUT2D eigenvalue weighted by Crippen LogP contribution is -2.54. The zero-order valence-corrected chi connectivity index (χ0v) is 27.7. The molecule has 0 bridgehead atoms. The lowest BCUT2D eigenvalue weighted by molar-refractivity contribution is -0.144. The Labute approximate surface area is 268 Å². The van der Waals surface area contributed by atoms with E-state index in [1.807, 2.05) is 32.9 Å². The van der Waals surface area contributed by atoms with Gasteiger partial charge in [0.15, 0.2) is 0 Å². The summed E-state index contributed by atoms with van der Waals surface area (Å²) in [5.74, 6) is -4.04. The fraction of sp³-hybridized carbons (Fsp3) is 0.606. The highest BCUT2D eigenvalue weighted by molar-refractivity contribution is 5.93. The number of nitrogens with one attached hydrogen (secondary N) is 5. The third-order valence-electron chi connectivity index (χ3n) is 6.44. The number of carboxylic acids is 1. The Morgan fingerprint density at radius 1 is 0.667 bits per heavy atom. The summed E-state index contributed by atoms with van der Waals surface area (Å²) in [6, 6.07) is -3.52. The molecule has 0 rings (SSSR count). The summed E-state index contributed by atoms with van der Waals surface area (Å²) >= 11 is 0. The average molecular weight is 634 g/mol. The third-order valence-corrected chi connectivity index (χ3v) is 6.44. The number of allylic oxidation sites excluding steroid dienone is 5. The summed E-state index contributed by atoms with van der Waals surface area (Å²) in [6.07, 6.45) is 5.82. The minimum Gasteiger partial charge on any atom is -0.513 e. The first-order valence-electron chi connectivity index (χ1n) is 15.6. The van der Waals surface area contributed by atoms with Crippen LogP contribution in [0.2, 0.25) is 0 Å². The number of amides is 4. The van der Waals surface area contributed by atoms with Crippen LogP contribution in [0.15, 0.2) is 48.8 Å². The molecule has 0 spiro atoms. The van der Waals surface area contributed by atoms with E-state index in [1.54, 1.807) is 13.8 Å². The number of aliphatic hydroxyl groups excluding tert-OH is 1. The molecule has 0 radical (unpaired) electrons. The van der Waals surface area contributed by atoms with Crippen LogP contribution >= 0.6 is 0 Å². The van der Waals surface area contributed by atoms with Crippen molar-refractivity contribution >= 4 is 29.6 Å². The zero-order chi connectivity index (χ0) is 34.5. The lowest BCUT2D eigenvalue weighted by atomic mass is 10.1. The van der Waals surface area contributed by atoms with E-state index < -0.39 is 48.2 Å². The number of aliphatic hydroxyl groups is 1. The van der Waals surface area contributed by atoms with Gasteiger partial charge in [-0.05, 0) is 65.8 Å². The summed E-state index contributed by atoms with van der Waals surface area (Å²) in [4.78, 5) is 63.3. The molecule has 45 heavy (non-hydrogen) atoms. The molecule has 3 atom stereocenters. The van der Waals surface area contributed by atoms with E-state index >= 15 is 0 Å². The summed E-state index contributed by atoms with van der Waals surface area (Å²) < 4.78 is 0. The van der Waals surface area contributed by atoms with Crippen molar-refractivity contribution in [3.8, 4) is 0 Å². The molecule has 0 saturated carbocycles. The van der Waals surface area contributed by atoms with Gasteiger partial charge in [0.1, 0.15) is 18.1 Å². The first-order chi connectivity index (χ1) is 21.0. The van der Waals surface area contributed by atoms with Crippen molar-refractivity contribution in [3.05, 3.63) is 48.8 Å². The number of hydrogen-bond donors (Lipinski definition) is 7. The van der Waals surface area contributed by atoms with Gasteiger partial charge < -0.3 is 36.8 Å². The molecule has 0 aliphatic heterocycles. The number of unbranched alkanes of at least 4 members (excludes halogenated alkanes) is 1. The topological polar surface area (TPSA) is 186 Å². The molecule has 4 amide bonds. The van der Waals surface area contributed by atoms with E-state index in [0.717, 1.165) is 24.1 Å². The van der Waals surface area contributed by atoms with Gasteiger partial charge in [0, 0.05) is 24.9 Å². The van der Waals surface area contributed by atoms with E-state index in [4.69, 9.17) is 0 Å². The second-order valence-corrected chi connectivity index (χ2v) is 11.9. The van der Waals surface area contributed by atoms with Gasteiger partial charge in [0.25, 0.3) is 0 Å². The third kappa shape index (κ3) is 21.4. The van der Waals surface area contributed by atoms with Crippen molar-refractivity contribution in [3.63, 3.8) is 0 Å². The first-order valence-corrected chi connectivity index (χ1v) is 15.6. The molecule has 0 saturated heterocycles. The molecular weight excluding hydrogens is 578 g/mol. The molecule has 0 aromatic carbocycles. The van der Waals surface area contributed by atoms with Crippen LogP contribution in [0.5, 0.6) is 0 Å². The summed E-state index contributed by atoms with van der Waals surface area (Å²) in [5, 5.41) is 32.9. The van der Waals surface area contributed by atoms with E-state index in [9.17, 15) is 34.2 Å². The van der Waals surface area contributed by atoms with Gasteiger partial charge in [0.05, 0.1) is 12.2 Å². The number of hydrogen-bond acceptors (Lipinski definition) is 7. The standard InChI is InChI=1S/C33H55N5O7/c1-21(2)15-16-24(7)12-11-14-29(40)36-27(18-17-25(8)39)32(43)38-28(33(44)45)20-30(41)37-26(31(42)35-23(5)6)13-9-10-19-34-22(3)4/h15-16,22-23,26-28,34,39H,1,7-14,17-20H2,2-6H3,(H,35,42)(H,36,40)(H,37,41)(H,38,43)(H,44,45)/b16-15-. The maximum Gasteiger partial charge on any atom is 0.326 e. The van der Waals surface area contributed by atoms with Crippen LogP contribution < -0.4 is 26.6 Å². The van der Waals surface area contributed by atoms with Crippen molar-refractivity contribution in [2.24, 2.45) is 0 Å². The summed E-state index contributed by atoms with van der Waals surface area (Å²) in [6.45, 7) is 21.3. The van der Waals surface area contributed by atoms with E-state index in [1.165, 1.54) is 0 Å². The molecule has 0 aliphatic rings. The molecule has 7 N–H and O–H groups in total. The highest BCUT2D eigenvalue weighted by Gasteiger charge is 2.30. The molecule has 0 heterocycles.